The number of benzene rings is 6. The van der Waals surface area contributed by atoms with Gasteiger partial charge in [0.15, 0.2) is 0 Å². The third-order valence-corrected chi connectivity index (χ3v) is 14.3. The maximum atomic E-state index is 9.32. The molecule has 0 aliphatic heterocycles. The molecule has 0 fully saturated rings. The van der Waals surface area contributed by atoms with Crippen LogP contribution in [0.5, 0.6) is 11.5 Å². The molecule has 0 atom stereocenters. The molecule has 6 rings (SSSR count). The average molecular weight is 716 g/mol. The first-order chi connectivity index (χ1) is 22.4. The highest BCUT2D eigenvalue weighted by Crippen LogP contribution is 2.48. The van der Waals surface area contributed by atoms with E-state index in [2.05, 4.69) is 72.8 Å². The lowest BCUT2D eigenvalue weighted by Gasteiger charge is -2.24. The topological polar surface area (TPSA) is 66.2 Å². The van der Waals surface area contributed by atoms with Gasteiger partial charge in [0.05, 0.1) is 14.2 Å². The molecule has 0 bridgehead atoms. The number of ether oxygens (including phenoxy) is 2. The minimum absolute atomic E-state index is 0. The van der Waals surface area contributed by atoms with Crippen molar-refractivity contribution in [2.75, 3.05) is 14.2 Å². The summed E-state index contributed by atoms with van der Waals surface area (Å²) in [7, 11) is -1.08. The van der Waals surface area contributed by atoms with Crippen molar-refractivity contribution in [1.82, 2.24) is 0 Å². The van der Waals surface area contributed by atoms with Crippen LogP contribution in [-0.4, -0.2) is 14.2 Å². The van der Waals surface area contributed by atoms with E-state index in [0.29, 0.717) is 0 Å². The van der Waals surface area contributed by atoms with Gasteiger partial charge in [-0.25, -0.2) is 0 Å². The van der Waals surface area contributed by atoms with Gasteiger partial charge >= 0.3 is 0 Å². The number of halogens is 2. The van der Waals surface area contributed by atoms with Crippen molar-refractivity contribution in [3.8, 4) is 11.5 Å². The zero-order valence-corrected chi connectivity index (χ0v) is 30.5. The molecule has 0 saturated carbocycles. The van der Waals surface area contributed by atoms with E-state index in [0.717, 1.165) is 45.0 Å². The van der Waals surface area contributed by atoms with Crippen molar-refractivity contribution in [3.05, 3.63) is 181 Å². The first-order valence-corrected chi connectivity index (χ1v) is 19.1. The summed E-state index contributed by atoms with van der Waals surface area (Å²) in [6.45, 7) is 0. The van der Waals surface area contributed by atoms with Crippen LogP contribution in [0, 0.1) is 10.3 Å². The Morgan fingerprint density at radius 2 is 0.604 bits per heavy atom. The summed E-state index contributed by atoms with van der Waals surface area (Å²) in [5, 5.41) is 23.1. The zero-order valence-electron chi connectivity index (χ0n) is 27.1. The molecular formula is C40H42Cl2N2O2P2. The van der Waals surface area contributed by atoms with Crippen LogP contribution in [0.15, 0.2) is 170 Å². The maximum absolute atomic E-state index is 9.32. The van der Waals surface area contributed by atoms with Crippen molar-refractivity contribution in [2.45, 2.75) is 12.3 Å². The fourth-order valence-electron chi connectivity index (χ4n) is 5.40. The number of hydrogen-bond acceptors (Lipinski definition) is 4. The van der Waals surface area contributed by atoms with E-state index in [-0.39, 0.29) is 24.8 Å². The largest absolute Gasteiger partial charge is 0.497 e. The summed E-state index contributed by atoms with van der Waals surface area (Å²) >= 11 is 0. The van der Waals surface area contributed by atoms with E-state index in [1.54, 1.807) is 14.2 Å². The fourth-order valence-corrected chi connectivity index (χ4v) is 11.0. The summed E-state index contributed by atoms with van der Waals surface area (Å²) in [5.74, 6) is 1.70. The molecule has 6 aromatic carbocycles. The Balaban J connectivity index is 0.000000250. The highest BCUT2D eigenvalue weighted by molar-refractivity contribution is 7.79. The number of rotatable bonds is 10. The van der Waals surface area contributed by atoms with Gasteiger partial charge in [-0.3, -0.25) is 0 Å². The zero-order chi connectivity index (χ0) is 32.2. The van der Waals surface area contributed by atoms with Gasteiger partial charge < -0.3 is 19.8 Å². The summed E-state index contributed by atoms with van der Waals surface area (Å²) in [6.07, 6.45) is 1.45. The van der Waals surface area contributed by atoms with Crippen molar-refractivity contribution in [3.63, 3.8) is 0 Å². The van der Waals surface area contributed by atoms with E-state index in [4.69, 9.17) is 9.47 Å². The van der Waals surface area contributed by atoms with E-state index in [1.807, 2.05) is 97.1 Å². The Hall–Kier alpha value is -4.04. The third kappa shape index (κ3) is 9.53. The first-order valence-electron chi connectivity index (χ1n) is 15.2. The number of nitrogens with one attached hydrogen (secondary N) is 2. The van der Waals surface area contributed by atoms with E-state index < -0.39 is 14.1 Å². The lowest BCUT2D eigenvalue weighted by Crippen LogP contribution is -2.17. The van der Waals surface area contributed by atoms with Gasteiger partial charge in [-0.2, -0.15) is 0 Å². The first kappa shape index (κ1) is 38.4. The summed E-state index contributed by atoms with van der Waals surface area (Å²) in [6, 6.07) is 57.0. The lowest BCUT2D eigenvalue weighted by atomic mass is 10.2. The van der Waals surface area contributed by atoms with E-state index in [1.165, 1.54) is 11.1 Å². The van der Waals surface area contributed by atoms with Gasteiger partial charge in [0, 0.05) is 26.4 Å². The molecule has 0 spiro atoms. The van der Waals surface area contributed by atoms with Crippen LogP contribution >= 0.6 is 38.9 Å². The highest BCUT2D eigenvalue weighted by Gasteiger charge is 2.23. The Morgan fingerprint density at radius 3 is 0.812 bits per heavy atom. The Labute approximate surface area is 297 Å². The number of methoxy groups -OCH3 is 2. The Kier molecular flexibility index (Phi) is 14.8. The smallest absolute Gasteiger partial charge is 0.118 e. The van der Waals surface area contributed by atoms with Crippen LogP contribution in [0.4, 0.5) is 0 Å². The third-order valence-electron chi connectivity index (χ3n) is 7.95. The second-order valence-electron chi connectivity index (χ2n) is 11.0. The molecule has 8 heteroatoms. The quantitative estimate of drug-likeness (QED) is 0.139. The maximum Gasteiger partial charge on any atom is 0.118 e. The van der Waals surface area contributed by atoms with Gasteiger partial charge in [0.1, 0.15) is 11.5 Å². The summed E-state index contributed by atoms with van der Waals surface area (Å²) in [4.78, 5) is 0. The number of hydrogen-bond donors (Lipinski definition) is 2. The Bertz CT molecular complexity index is 1660. The van der Waals surface area contributed by atoms with E-state index >= 15 is 0 Å². The molecule has 0 amide bonds. The minimum Gasteiger partial charge on any atom is -0.497 e. The predicted octanol–water partition coefficient (Wildman–Crippen LogP) is 10.1. The summed E-state index contributed by atoms with van der Waals surface area (Å²) in [5.41, 5.74) is 2.34. The van der Waals surface area contributed by atoms with Gasteiger partial charge in [-0.15, -0.1) is 24.8 Å². The van der Waals surface area contributed by atoms with Crippen LogP contribution < -0.4 is 30.7 Å². The normalized spacial score (nSPS) is 10.7. The molecule has 0 aromatic heterocycles. The second kappa shape index (κ2) is 18.5. The molecular weight excluding hydrogens is 673 g/mol. The van der Waals surface area contributed by atoms with Gasteiger partial charge in [-0.1, -0.05) is 146 Å². The lowest BCUT2D eigenvalue weighted by molar-refractivity contribution is 0.414. The van der Waals surface area contributed by atoms with Crippen LogP contribution in [-0.2, 0) is 12.3 Å². The minimum atomic E-state index is -2.21. The molecule has 0 heterocycles. The Morgan fingerprint density at radius 1 is 0.375 bits per heavy atom. The van der Waals surface area contributed by atoms with Gasteiger partial charge in [0.2, 0.25) is 0 Å². The van der Waals surface area contributed by atoms with Crippen LogP contribution in [0.3, 0.4) is 0 Å². The van der Waals surface area contributed by atoms with Crippen molar-refractivity contribution >= 4 is 60.1 Å². The van der Waals surface area contributed by atoms with Gasteiger partial charge in [0.25, 0.3) is 0 Å². The molecule has 0 radical (unpaired) electrons. The SMILES string of the molecule is COc1ccc(CP(=N)(c2ccccc2)c2ccccc2)cc1.COc1ccc(CP(=N)(c2ccccc2)c2ccccc2)cc1.Cl.Cl. The molecule has 0 aliphatic carbocycles. The molecule has 248 valence electrons. The molecule has 2 N–H and O–H groups in total. The molecule has 48 heavy (non-hydrogen) atoms. The monoisotopic (exact) mass is 714 g/mol. The fraction of sp³-hybridized carbons (Fsp3) is 0.100. The molecule has 0 saturated heterocycles. The molecule has 0 unspecified atom stereocenters. The van der Waals surface area contributed by atoms with Crippen molar-refractivity contribution in [2.24, 2.45) is 0 Å². The van der Waals surface area contributed by atoms with Crippen LogP contribution in [0.2, 0.25) is 0 Å². The summed E-state index contributed by atoms with van der Waals surface area (Å²) < 4.78 is 10.5. The van der Waals surface area contributed by atoms with Crippen molar-refractivity contribution < 1.29 is 9.47 Å². The standard InChI is InChI=1S/2C20H20NOP.2ClH/c2*1-22-18-14-12-17(13-15-18)16-23(21,19-8-4-2-5-9-19)20-10-6-3-7-11-20;;/h2*2-15,21H,16H2,1H3;2*1H. The average Bonchev–Trinajstić information content (AvgIpc) is 3.14. The van der Waals surface area contributed by atoms with Gasteiger partial charge in [-0.05, 0) is 56.6 Å². The van der Waals surface area contributed by atoms with Crippen LogP contribution in [0.25, 0.3) is 0 Å². The van der Waals surface area contributed by atoms with Crippen LogP contribution in [0.1, 0.15) is 11.1 Å². The second-order valence-corrected chi connectivity index (χ2v) is 16.9. The molecule has 6 aromatic rings. The van der Waals surface area contributed by atoms with E-state index in [9.17, 15) is 10.3 Å². The molecule has 0 aliphatic rings. The van der Waals surface area contributed by atoms with Crippen molar-refractivity contribution in [1.29, 1.82) is 10.3 Å². The predicted molar refractivity (Wildman–Crippen MR) is 211 cm³/mol. The molecule has 4 nitrogen and oxygen atoms in total. The highest BCUT2D eigenvalue weighted by atomic mass is 35.5.